The summed E-state index contributed by atoms with van der Waals surface area (Å²) in [7, 11) is 1.61. The number of methoxy groups -OCH3 is 1. The fraction of sp³-hybridized carbons (Fsp3) is 0.478. The highest BCUT2D eigenvalue weighted by molar-refractivity contribution is 6.09. The number of rotatable bonds is 5. The van der Waals surface area contributed by atoms with Crippen LogP contribution in [0.4, 0.5) is 0 Å². The fourth-order valence-electron chi connectivity index (χ4n) is 3.33. The van der Waals surface area contributed by atoms with E-state index in [0.717, 1.165) is 22.3 Å². The molecule has 0 aromatic heterocycles. The van der Waals surface area contributed by atoms with Crippen molar-refractivity contribution in [2.24, 2.45) is 5.41 Å². The van der Waals surface area contributed by atoms with E-state index in [2.05, 4.69) is 26.5 Å². The number of allylic oxidation sites excluding steroid dienone is 2. The molecule has 0 N–H and O–H groups in total. The van der Waals surface area contributed by atoms with Crippen molar-refractivity contribution in [2.75, 3.05) is 13.7 Å². The van der Waals surface area contributed by atoms with Gasteiger partial charge in [-0.15, -0.1) is 0 Å². The van der Waals surface area contributed by atoms with Gasteiger partial charge in [0.2, 0.25) is 0 Å². The maximum Gasteiger partial charge on any atom is 0.178 e. The van der Waals surface area contributed by atoms with Gasteiger partial charge in [0, 0.05) is 5.41 Å². The van der Waals surface area contributed by atoms with E-state index >= 15 is 0 Å². The van der Waals surface area contributed by atoms with Gasteiger partial charge >= 0.3 is 0 Å². The van der Waals surface area contributed by atoms with E-state index in [1.807, 2.05) is 39.8 Å². The average Bonchev–Trinajstić information content (AvgIpc) is 2.82. The number of Topliss-reactive ketones (excluding diaryl/α,β-unsaturated/α-hetero) is 1. The minimum atomic E-state index is -0.614. The maximum absolute atomic E-state index is 12.9. The van der Waals surface area contributed by atoms with Crippen molar-refractivity contribution < 1.29 is 14.3 Å². The highest BCUT2D eigenvalue weighted by Gasteiger charge is 2.39. The molecule has 1 aromatic rings. The van der Waals surface area contributed by atoms with Gasteiger partial charge in [-0.25, -0.2) is 0 Å². The summed E-state index contributed by atoms with van der Waals surface area (Å²) >= 11 is 0. The van der Waals surface area contributed by atoms with E-state index in [4.69, 9.17) is 9.47 Å². The number of nitrogens with zero attached hydrogens (tertiary/aromatic N) is 1. The summed E-state index contributed by atoms with van der Waals surface area (Å²) in [6, 6.07) is 6.03. The molecule has 4 heteroatoms. The van der Waals surface area contributed by atoms with Gasteiger partial charge in [0.1, 0.15) is 12.7 Å². The molecule has 27 heavy (non-hydrogen) atoms. The summed E-state index contributed by atoms with van der Waals surface area (Å²) in [5.74, 6) is 1.10. The van der Waals surface area contributed by atoms with Crippen molar-refractivity contribution in [1.82, 2.24) is 0 Å². The highest BCUT2D eigenvalue weighted by Crippen LogP contribution is 2.50. The van der Waals surface area contributed by atoms with Crippen molar-refractivity contribution >= 4 is 11.4 Å². The van der Waals surface area contributed by atoms with Crippen LogP contribution in [0.15, 0.2) is 29.9 Å². The molecule has 144 valence electrons. The van der Waals surface area contributed by atoms with Gasteiger partial charge in [-0.05, 0) is 53.2 Å². The summed E-state index contributed by atoms with van der Waals surface area (Å²) in [6.45, 7) is 15.9. The molecule has 0 amide bonds. The molecule has 2 rings (SSSR count). The SMILES string of the molecule is C=C(C)COc1cc2c(cc1OC)C(C)(C)CC2=C(C#N)C(=O)C(C)(C)C. The van der Waals surface area contributed by atoms with E-state index in [1.54, 1.807) is 7.11 Å². The fourth-order valence-corrected chi connectivity index (χ4v) is 3.33. The molecule has 0 aliphatic heterocycles. The summed E-state index contributed by atoms with van der Waals surface area (Å²) in [5.41, 5.74) is 3.07. The molecule has 0 unspecified atom stereocenters. The van der Waals surface area contributed by atoms with E-state index in [-0.39, 0.29) is 16.8 Å². The molecule has 0 saturated carbocycles. The molecule has 0 heterocycles. The molecule has 1 aliphatic carbocycles. The topological polar surface area (TPSA) is 59.3 Å². The predicted molar refractivity (Wildman–Crippen MR) is 108 cm³/mol. The standard InChI is InChI=1S/C23H29NO3/c1-14(2)13-27-20-9-15-16(17(12-24)21(25)22(3,4)5)11-23(6,7)18(15)10-19(20)26-8/h9-10H,1,11,13H2,2-8H3. The van der Waals surface area contributed by atoms with Crippen LogP contribution in [0.3, 0.4) is 0 Å². The molecule has 0 bridgehead atoms. The van der Waals surface area contributed by atoms with Crippen LogP contribution < -0.4 is 9.47 Å². The maximum atomic E-state index is 12.9. The second-order valence-corrected chi connectivity index (χ2v) is 8.90. The van der Waals surface area contributed by atoms with Crippen LogP contribution in [-0.2, 0) is 10.2 Å². The zero-order valence-corrected chi connectivity index (χ0v) is 17.4. The quantitative estimate of drug-likeness (QED) is 0.406. The van der Waals surface area contributed by atoms with Gasteiger partial charge in [-0.3, -0.25) is 4.79 Å². The van der Waals surface area contributed by atoms with Crippen molar-refractivity contribution in [3.8, 4) is 17.6 Å². The monoisotopic (exact) mass is 367 g/mol. The Hall–Kier alpha value is -2.54. The molecular formula is C23H29NO3. The molecule has 4 nitrogen and oxygen atoms in total. The Kier molecular flexibility index (Phi) is 5.56. The average molecular weight is 367 g/mol. The van der Waals surface area contributed by atoms with Gasteiger partial charge in [0.15, 0.2) is 17.3 Å². The van der Waals surface area contributed by atoms with E-state index in [9.17, 15) is 10.1 Å². The van der Waals surface area contributed by atoms with Gasteiger partial charge in [0.05, 0.1) is 12.7 Å². The highest BCUT2D eigenvalue weighted by atomic mass is 16.5. The lowest BCUT2D eigenvalue weighted by atomic mass is 9.83. The molecule has 1 aliphatic rings. The first-order chi connectivity index (χ1) is 12.4. The number of nitriles is 1. The first-order valence-electron chi connectivity index (χ1n) is 9.10. The third kappa shape index (κ3) is 4.08. The third-order valence-electron chi connectivity index (χ3n) is 4.77. The molecular weight excluding hydrogens is 338 g/mol. The summed E-state index contributed by atoms with van der Waals surface area (Å²) in [6.07, 6.45) is 0.625. The lowest BCUT2D eigenvalue weighted by Gasteiger charge is -2.20. The van der Waals surface area contributed by atoms with Crippen LogP contribution in [-0.4, -0.2) is 19.5 Å². The lowest BCUT2D eigenvalue weighted by Crippen LogP contribution is -2.22. The smallest absolute Gasteiger partial charge is 0.178 e. The largest absolute Gasteiger partial charge is 0.493 e. The first-order valence-corrected chi connectivity index (χ1v) is 9.10. The minimum Gasteiger partial charge on any atom is -0.493 e. The normalized spacial score (nSPS) is 17.0. The van der Waals surface area contributed by atoms with Crippen LogP contribution in [0.1, 0.15) is 59.1 Å². The minimum absolute atomic E-state index is 0.135. The van der Waals surface area contributed by atoms with Gasteiger partial charge in [-0.2, -0.15) is 5.26 Å². The number of carbonyl (C=O) groups excluding carboxylic acids is 1. The Morgan fingerprint density at radius 1 is 1.30 bits per heavy atom. The number of carbonyl (C=O) groups is 1. The van der Waals surface area contributed by atoms with E-state index < -0.39 is 5.41 Å². The Labute approximate surface area is 162 Å². The van der Waals surface area contributed by atoms with Crippen molar-refractivity contribution in [1.29, 1.82) is 5.26 Å². The molecule has 0 atom stereocenters. The van der Waals surface area contributed by atoms with Crippen molar-refractivity contribution in [3.63, 3.8) is 0 Å². The Morgan fingerprint density at radius 2 is 1.93 bits per heavy atom. The predicted octanol–water partition coefficient (Wildman–Crippen LogP) is 5.22. The molecule has 0 fully saturated rings. The summed E-state index contributed by atoms with van der Waals surface area (Å²) in [4.78, 5) is 12.9. The third-order valence-corrected chi connectivity index (χ3v) is 4.77. The number of fused-ring (bicyclic) bond motifs is 1. The Bertz CT molecular complexity index is 861. The number of ether oxygens (including phenoxy) is 2. The second kappa shape index (κ2) is 7.23. The van der Waals surface area contributed by atoms with Crippen LogP contribution >= 0.6 is 0 Å². The van der Waals surface area contributed by atoms with Crippen LogP contribution in [0.2, 0.25) is 0 Å². The first kappa shape index (κ1) is 20.8. The zero-order valence-electron chi connectivity index (χ0n) is 17.4. The zero-order chi connectivity index (χ0) is 20.6. The number of benzene rings is 1. The molecule has 0 radical (unpaired) electrons. The summed E-state index contributed by atoms with van der Waals surface area (Å²) < 4.78 is 11.4. The summed E-state index contributed by atoms with van der Waals surface area (Å²) in [5, 5.41) is 9.77. The van der Waals surface area contributed by atoms with Crippen LogP contribution in [0, 0.1) is 16.7 Å². The van der Waals surface area contributed by atoms with Crippen molar-refractivity contribution in [3.05, 3.63) is 41.0 Å². The Morgan fingerprint density at radius 3 is 2.41 bits per heavy atom. The van der Waals surface area contributed by atoms with Crippen LogP contribution in [0.5, 0.6) is 11.5 Å². The van der Waals surface area contributed by atoms with E-state index in [1.165, 1.54) is 0 Å². The van der Waals surface area contributed by atoms with E-state index in [0.29, 0.717) is 24.5 Å². The molecule has 0 spiro atoms. The van der Waals surface area contributed by atoms with Gasteiger partial charge in [0.25, 0.3) is 0 Å². The number of hydrogen-bond acceptors (Lipinski definition) is 4. The van der Waals surface area contributed by atoms with Crippen molar-refractivity contribution in [2.45, 2.75) is 53.4 Å². The van der Waals surface area contributed by atoms with Gasteiger partial charge in [-0.1, -0.05) is 41.2 Å². The van der Waals surface area contributed by atoms with Crippen LogP contribution in [0.25, 0.3) is 5.57 Å². The lowest BCUT2D eigenvalue weighted by molar-refractivity contribution is -0.122. The van der Waals surface area contributed by atoms with Gasteiger partial charge < -0.3 is 9.47 Å². The second-order valence-electron chi connectivity index (χ2n) is 8.90. The molecule has 0 saturated heterocycles. The number of hydrogen-bond donors (Lipinski definition) is 0. The number of ketones is 1. The molecule has 1 aromatic carbocycles. The Balaban J connectivity index is 2.71.